The first-order valence-corrected chi connectivity index (χ1v) is 11.1. The van der Waals surface area contributed by atoms with E-state index in [1.165, 1.54) is 6.42 Å². The van der Waals surface area contributed by atoms with Crippen molar-refractivity contribution in [2.24, 2.45) is 0 Å². The lowest BCUT2D eigenvalue weighted by atomic mass is 10.1. The van der Waals surface area contributed by atoms with E-state index in [1.807, 2.05) is 36.1 Å². The van der Waals surface area contributed by atoms with Gasteiger partial charge in [-0.3, -0.25) is 4.79 Å². The number of carbonyl (C=O) groups excluding carboxylic acids is 1. The molecular formula is C21H21ClN4OS. The number of amides is 1. The maximum atomic E-state index is 13.6. The summed E-state index contributed by atoms with van der Waals surface area (Å²) >= 11 is 7.98. The number of aromatic nitrogens is 3. The van der Waals surface area contributed by atoms with Crippen molar-refractivity contribution in [1.29, 1.82) is 0 Å². The lowest BCUT2D eigenvalue weighted by Crippen LogP contribution is -2.35. The molecule has 4 heterocycles. The number of fused-ring (bicyclic) bond motifs is 4. The summed E-state index contributed by atoms with van der Waals surface area (Å²) < 4.78 is 2.21. The van der Waals surface area contributed by atoms with Crippen LogP contribution in [0.5, 0.6) is 0 Å². The average molecular weight is 413 g/mol. The molecule has 5 nitrogen and oxygen atoms in total. The standard InChI is InChI=1S/C21H21ClN4OS/c1-13-11-15(19-20(23-13)26-8-4-2-3-5-18(26)24-19)21(27)25-9-10-28-17-7-6-14(22)12-16(17)25/h6-7,11-12H,2-5,8-10H2,1H3. The van der Waals surface area contributed by atoms with Crippen LogP contribution >= 0.6 is 23.4 Å². The Morgan fingerprint density at radius 2 is 2.04 bits per heavy atom. The lowest BCUT2D eigenvalue weighted by Gasteiger charge is -2.29. The highest BCUT2D eigenvalue weighted by molar-refractivity contribution is 7.99. The SMILES string of the molecule is Cc1cc(C(=O)N2CCSc3ccc(Cl)cc32)c2nc3n(c2n1)CCCCC3. The molecule has 0 aliphatic carbocycles. The highest BCUT2D eigenvalue weighted by Gasteiger charge is 2.28. The molecule has 1 amide bonds. The van der Waals surface area contributed by atoms with Gasteiger partial charge in [0, 0.05) is 40.9 Å². The van der Waals surface area contributed by atoms with Gasteiger partial charge in [-0.25, -0.2) is 9.97 Å². The van der Waals surface area contributed by atoms with Crippen molar-refractivity contribution in [3.63, 3.8) is 0 Å². The van der Waals surface area contributed by atoms with E-state index < -0.39 is 0 Å². The summed E-state index contributed by atoms with van der Waals surface area (Å²) in [6.45, 7) is 3.53. The smallest absolute Gasteiger partial charge is 0.260 e. The molecule has 2 aromatic heterocycles. The minimum Gasteiger partial charge on any atom is -0.313 e. The van der Waals surface area contributed by atoms with Crippen molar-refractivity contribution in [3.05, 3.63) is 46.4 Å². The van der Waals surface area contributed by atoms with E-state index in [9.17, 15) is 4.79 Å². The predicted molar refractivity (Wildman–Crippen MR) is 114 cm³/mol. The molecule has 0 radical (unpaired) electrons. The van der Waals surface area contributed by atoms with E-state index in [4.69, 9.17) is 21.6 Å². The third-order valence-electron chi connectivity index (χ3n) is 5.45. The molecule has 0 spiro atoms. The van der Waals surface area contributed by atoms with E-state index in [0.29, 0.717) is 17.1 Å². The van der Waals surface area contributed by atoms with Crippen molar-refractivity contribution in [1.82, 2.24) is 14.5 Å². The molecule has 0 saturated heterocycles. The fourth-order valence-electron chi connectivity index (χ4n) is 4.13. The largest absolute Gasteiger partial charge is 0.313 e. The third-order valence-corrected chi connectivity index (χ3v) is 6.73. The second kappa shape index (κ2) is 7.08. The molecule has 3 aromatic rings. The third kappa shape index (κ3) is 2.99. The first-order chi connectivity index (χ1) is 13.6. The number of pyridine rings is 1. The molecule has 2 aliphatic rings. The van der Waals surface area contributed by atoms with Crippen LogP contribution in [0.1, 0.15) is 41.1 Å². The Labute approximate surface area is 173 Å². The lowest BCUT2D eigenvalue weighted by molar-refractivity contribution is 0.0989. The topological polar surface area (TPSA) is 51.0 Å². The normalized spacial score (nSPS) is 16.6. The Morgan fingerprint density at radius 1 is 1.14 bits per heavy atom. The Kier molecular flexibility index (Phi) is 4.56. The Hall–Kier alpha value is -2.05. The first-order valence-electron chi connectivity index (χ1n) is 9.73. The van der Waals surface area contributed by atoms with E-state index in [-0.39, 0.29) is 5.91 Å². The fraction of sp³-hybridized carbons (Fsp3) is 0.381. The quantitative estimate of drug-likeness (QED) is 0.572. The summed E-state index contributed by atoms with van der Waals surface area (Å²) in [5.41, 5.74) is 3.95. The number of carbonyl (C=O) groups is 1. The van der Waals surface area contributed by atoms with Crippen LogP contribution in [0.3, 0.4) is 0 Å². The summed E-state index contributed by atoms with van der Waals surface area (Å²) in [5.74, 6) is 1.90. The maximum absolute atomic E-state index is 13.6. The summed E-state index contributed by atoms with van der Waals surface area (Å²) in [4.78, 5) is 26.2. The van der Waals surface area contributed by atoms with Crippen molar-refractivity contribution in [2.45, 2.75) is 44.0 Å². The molecule has 5 rings (SSSR count). The van der Waals surface area contributed by atoms with Gasteiger partial charge < -0.3 is 9.47 Å². The molecule has 0 unspecified atom stereocenters. The van der Waals surface area contributed by atoms with Crippen molar-refractivity contribution in [3.8, 4) is 0 Å². The van der Waals surface area contributed by atoms with E-state index in [2.05, 4.69) is 4.57 Å². The Bertz CT molecular complexity index is 1090. The second-order valence-electron chi connectivity index (χ2n) is 7.39. The molecule has 144 valence electrons. The molecule has 28 heavy (non-hydrogen) atoms. The fourth-order valence-corrected chi connectivity index (χ4v) is 5.27. The van der Waals surface area contributed by atoms with Crippen LogP contribution < -0.4 is 4.90 Å². The summed E-state index contributed by atoms with van der Waals surface area (Å²) in [7, 11) is 0. The maximum Gasteiger partial charge on any atom is 0.260 e. The van der Waals surface area contributed by atoms with Crippen LogP contribution in [-0.4, -0.2) is 32.7 Å². The Morgan fingerprint density at radius 3 is 2.93 bits per heavy atom. The van der Waals surface area contributed by atoms with E-state index >= 15 is 0 Å². The highest BCUT2D eigenvalue weighted by Crippen LogP contribution is 2.38. The number of hydrogen-bond acceptors (Lipinski definition) is 4. The summed E-state index contributed by atoms with van der Waals surface area (Å²) in [6.07, 6.45) is 4.43. The molecule has 2 aliphatic heterocycles. The van der Waals surface area contributed by atoms with Crippen molar-refractivity contribution >= 4 is 46.1 Å². The second-order valence-corrected chi connectivity index (χ2v) is 8.96. The van der Waals surface area contributed by atoms with Gasteiger partial charge in [0.2, 0.25) is 0 Å². The van der Waals surface area contributed by atoms with E-state index in [0.717, 1.165) is 64.8 Å². The van der Waals surface area contributed by atoms with Gasteiger partial charge in [0.05, 0.1) is 11.3 Å². The molecular weight excluding hydrogens is 392 g/mol. The molecule has 0 bridgehead atoms. The Balaban J connectivity index is 1.64. The number of halogens is 1. The molecule has 0 fully saturated rings. The average Bonchev–Trinajstić information content (AvgIpc) is 2.87. The van der Waals surface area contributed by atoms with Gasteiger partial charge in [-0.2, -0.15) is 0 Å². The van der Waals surface area contributed by atoms with Crippen LogP contribution in [0.25, 0.3) is 11.2 Å². The number of benzene rings is 1. The van der Waals surface area contributed by atoms with Crippen LogP contribution in [0.15, 0.2) is 29.2 Å². The minimum atomic E-state index is -0.0208. The monoisotopic (exact) mass is 412 g/mol. The molecule has 0 saturated carbocycles. The number of anilines is 1. The van der Waals surface area contributed by atoms with E-state index in [1.54, 1.807) is 11.8 Å². The summed E-state index contributed by atoms with van der Waals surface area (Å²) in [6, 6.07) is 7.63. The number of nitrogens with zero attached hydrogens (tertiary/aromatic N) is 4. The zero-order valence-corrected chi connectivity index (χ0v) is 17.3. The number of hydrogen-bond donors (Lipinski definition) is 0. The molecule has 1 aromatic carbocycles. The first kappa shape index (κ1) is 18.0. The zero-order valence-electron chi connectivity index (χ0n) is 15.7. The zero-order chi connectivity index (χ0) is 19.3. The summed E-state index contributed by atoms with van der Waals surface area (Å²) in [5, 5.41) is 0.642. The molecule has 7 heteroatoms. The van der Waals surface area contributed by atoms with Crippen LogP contribution in [0.2, 0.25) is 5.02 Å². The van der Waals surface area contributed by atoms with Crippen molar-refractivity contribution in [2.75, 3.05) is 17.2 Å². The van der Waals surface area contributed by atoms with Crippen LogP contribution in [-0.2, 0) is 13.0 Å². The minimum absolute atomic E-state index is 0.0208. The number of aryl methyl sites for hydroxylation is 3. The van der Waals surface area contributed by atoms with Gasteiger partial charge in [0.15, 0.2) is 5.65 Å². The highest BCUT2D eigenvalue weighted by atomic mass is 35.5. The van der Waals surface area contributed by atoms with Gasteiger partial charge in [0.25, 0.3) is 5.91 Å². The predicted octanol–water partition coefficient (Wildman–Crippen LogP) is 4.87. The van der Waals surface area contributed by atoms with Crippen LogP contribution in [0.4, 0.5) is 5.69 Å². The molecule has 0 N–H and O–H groups in total. The number of imidazole rings is 1. The van der Waals surface area contributed by atoms with Crippen molar-refractivity contribution < 1.29 is 4.79 Å². The van der Waals surface area contributed by atoms with Gasteiger partial charge in [-0.05, 0) is 44.0 Å². The van der Waals surface area contributed by atoms with Gasteiger partial charge in [-0.1, -0.05) is 18.0 Å². The van der Waals surface area contributed by atoms with Gasteiger partial charge in [0.1, 0.15) is 11.3 Å². The van der Waals surface area contributed by atoms with Crippen LogP contribution in [0, 0.1) is 6.92 Å². The van der Waals surface area contributed by atoms with Gasteiger partial charge >= 0.3 is 0 Å². The number of thioether (sulfide) groups is 1. The molecule has 0 atom stereocenters. The van der Waals surface area contributed by atoms with Gasteiger partial charge in [-0.15, -0.1) is 11.8 Å². The number of rotatable bonds is 1.